The predicted molar refractivity (Wildman–Crippen MR) is 104 cm³/mol. The van der Waals surface area contributed by atoms with Crippen molar-refractivity contribution in [2.45, 2.75) is 32.3 Å². The largest absolute Gasteiger partial charge is 0.386 e. The highest BCUT2D eigenvalue weighted by Crippen LogP contribution is 2.16. The molecule has 1 atom stereocenters. The molecule has 6 nitrogen and oxygen atoms in total. The summed E-state index contributed by atoms with van der Waals surface area (Å²) in [7, 11) is 0. The molecule has 0 spiro atoms. The maximum absolute atomic E-state index is 13.7. The minimum absolute atomic E-state index is 0.0938. The number of aliphatic hydroxyl groups excluding tert-OH is 1. The van der Waals surface area contributed by atoms with E-state index in [2.05, 4.69) is 15.6 Å². The average Bonchev–Trinajstić information content (AvgIpc) is 2.69. The smallest absolute Gasteiger partial charge is 0.191 e. The first kappa shape index (κ1) is 21.6. The number of nitrogens with zero attached hydrogens (tertiary/aromatic N) is 1. The summed E-state index contributed by atoms with van der Waals surface area (Å²) in [6.45, 7) is 6.68. The predicted octanol–water partition coefficient (Wildman–Crippen LogP) is 2.25. The maximum atomic E-state index is 13.7. The number of aliphatic imine (C=N–C) groups is 1. The van der Waals surface area contributed by atoms with Crippen LogP contribution < -0.4 is 10.6 Å². The van der Waals surface area contributed by atoms with Gasteiger partial charge in [-0.1, -0.05) is 18.2 Å². The van der Waals surface area contributed by atoms with E-state index in [4.69, 9.17) is 9.47 Å². The number of rotatable bonds is 10. The van der Waals surface area contributed by atoms with Crippen LogP contribution >= 0.6 is 0 Å². The Hall–Kier alpha value is -1.70. The standard InChI is InChI=1S/C20H32FN3O3/c1-2-22-20(24-14-19(25)17-6-3-4-7-18(17)21)23-10-5-11-27-15-16-8-12-26-13-9-16/h3-4,6-7,16,19,25H,2,5,8-15H2,1H3,(H2,22,23,24). The quantitative estimate of drug-likeness (QED) is 0.329. The number of benzene rings is 1. The molecule has 152 valence electrons. The molecule has 0 aliphatic carbocycles. The molecule has 2 rings (SSSR count). The lowest BCUT2D eigenvalue weighted by Gasteiger charge is -2.21. The lowest BCUT2D eigenvalue weighted by atomic mass is 10.0. The Morgan fingerprint density at radius 3 is 2.85 bits per heavy atom. The first-order valence-electron chi connectivity index (χ1n) is 9.80. The highest BCUT2D eigenvalue weighted by molar-refractivity contribution is 5.79. The molecule has 0 bridgehead atoms. The highest BCUT2D eigenvalue weighted by Gasteiger charge is 2.14. The number of halogens is 1. The van der Waals surface area contributed by atoms with Crippen LogP contribution in [0.15, 0.2) is 29.3 Å². The molecule has 1 fully saturated rings. The first-order chi connectivity index (χ1) is 13.2. The van der Waals surface area contributed by atoms with E-state index in [0.29, 0.717) is 25.0 Å². The fraction of sp³-hybridized carbons (Fsp3) is 0.650. The van der Waals surface area contributed by atoms with E-state index in [1.165, 1.54) is 6.07 Å². The number of aliphatic hydroxyl groups is 1. The Balaban J connectivity index is 1.66. The number of nitrogens with one attached hydrogen (secondary N) is 2. The van der Waals surface area contributed by atoms with Gasteiger partial charge < -0.3 is 25.2 Å². The van der Waals surface area contributed by atoms with E-state index < -0.39 is 11.9 Å². The molecular weight excluding hydrogens is 349 g/mol. The van der Waals surface area contributed by atoms with E-state index in [1.807, 2.05) is 6.92 Å². The number of guanidine groups is 1. The van der Waals surface area contributed by atoms with Crippen molar-refractivity contribution in [2.75, 3.05) is 46.1 Å². The molecule has 1 aliphatic heterocycles. The van der Waals surface area contributed by atoms with Gasteiger partial charge in [0.1, 0.15) is 11.9 Å². The zero-order valence-electron chi connectivity index (χ0n) is 16.1. The van der Waals surface area contributed by atoms with Crippen LogP contribution in [0.25, 0.3) is 0 Å². The third-order valence-corrected chi connectivity index (χ3v) is 4.48. The van der Waals surface area contributed by atoms with Gasteiger partial charge in [-0.05, 0) is 38.2 Å². The SMILES string of the molecule is CCNC(=NCC(O)c1ccccc1F)NCCCOCC1CCOCC1. The number of hydrogen-bond acceptors (Lipinski definition) is 4. The molecule has 1 unspecified atom stereocenters. The van der Waals surface area contributed by atoms with Gasteiger partial charge in [-0.2, -0.15) is 0 Å². The van der Waals surface area contributed by atoms with Gasteiger partial charge in [-0.25, -0.2) is 4.39 Å². The topological polar surface area (TPSA) is 75.1 Å². The first-order valence-corrected chi connectivity index (χ1v) is 9.80. The van der Waals surface area contributed by atoms with Gasteiger partial charge in [0, 0.05) is 45.1 Å². The number of ether oxygens (including phenoxy) is 2. The zero-order valence-corrected chi connectivity index (χ0v) is 16.1. The lowest BCUT2D eigenvalue weighted by molar-refractivity contribution is 0.0203. The normalized spacial score (nSPS) is 16.9. The summed E-state index contributed by atoms with van der Waals surface area (Å²) >= 11 is 0. The maximum Gasteiger partial charge on any atom is 0.191 e. The molecule has 0 aromatic heterocycles. The Morgan fingerprint density at radius 2 is 2.11 bits per heavy atom. The second kappa shape index (κ2) is 12.6. The van der Waals surface area contributed by atoms with E-state index in [1.54, 1.807) is 18.2 Å². The van der Waals surface area contributed by atoms with Crippen LogP contribution in [0.1, 0.15) is 37.9 Å². The van der Waals surface area contributed by atoms with Crippen molar-refractivity contribution in [2.24, 2.45) is 10.9 Å². The summed E-state index contributed by atoms with van der Waals surface area (Å²) in [5.41, 5.74) is 0.263. The number of hydrogen-bond donors (Lipinski definition) is 3. The van der Waals surface area contributed by atoms with Gasteiger partial charge in [-0.15, -0.1) is 0 Å². The van der Waals surface area contributed by atoms with Crippen molar-refractivity contribution in [1.82, 2.24) is 10.6 Å². The fourth-order valence-corrected chi connectivity index (χ4v) is 2.91. The third kappa shape index (κ3) is 8.24. The molecule has 3 N–H and O–H groups in total. The second-order valence-electron chi connectivity index (χ2n) is 6.67. The molecule has 1 aromatic rings. The molecule has 0 amide bonds. The van der Waals surface area contributed by atoms with Crippen LogP contribution in [0.5, 0.6) is 0 Å². The summed E-state index contributed by atoms with van der Waals surface area (Å²) in [6, 6.07) is 6.22. The molecule has 1 saturated heterocycles. The minimum Gasteiger partial charge on any atom is -0.386 e. The molecule has 0 radical (unpaired) electrons. The Labute approximate surface area is 161 Å². The van der Waals surface area contributed by atoms with Gasteiger partial charge in [0.2, 0.25) is 0 Å². The molecular formula is C20H32FN3O3. The molecule has 1 aliphatic rings. The summed E-state index contributed by atoms with van der Waals surface area (Å²) in [6.07, 6.45) is 2.06. The summed E-state index contributed by atoms with van der Waals surface area (Å²) in [5.74, 6) is 0.808. The van der Waals surface area contributed by atoms with Crippen molar-refractivity contribution in [3.05, 3.63) is 35.6 Å². The van der Waals surface area contributed by atoms with Crippen LogP contribution in [0, 0.1) is 11.7 Å². The van der Waals surface area contributed by atoms with Gasteiger partial charge in [0.05, 0.1) is 6.54 Å². The second-order valence-corrected chi connectivity index (χ2v) is 6.67. The molecule has 1 aromatic carbocycles. The van der Waals surface area contributed by atoms with Crippen molar-refractivity contribution in [3.63, 3.8) is 0 Å². The third-order valence-electron chi connectivity index (χ3n) is 4.48. The monoisotopic (exact) mass is 381 g/mol. The molecule has 1 heterocycles. The van der Waals surface area contributed by atoms with Crippen molar-refractivity contribution in [3.8, 4) is 0 Å². The molecule has 27 heavy (non-hydrogen) atoms. The van der Waals surface area contributed by atoms with Crippen LogP contribution in [0.2, 0.25) is 0 Å². The van der Waals surface area contributed by atoms with E-state index in [0.717, 1.165) is 45.6 Å². The molecule has 7 heteroatoms. The Bertz CT molecular complexity index is 565. The average molecular weight is 381 g/mol. The Kier molecular flexibility index (Phi) is 10.1. The van der Waals surface area contributed by atoms with Crippen LogP contribution in [0.3, 0.4) is 0 Å². The van der Waals surface area contributed by atoms with Crippen molar-refractivity contribution >= 4 is 5.96 Å². The molecule has 0 saturated carbocycles. The fourth-order valence-electron chi connectivity index (χ4n) is 2.91. The lowest BCUT2D eigenvalue weighted by Crippen LogP contribution is -2.38. The van der Waals surface area contributed by atoms with E-state index >= 15 is 0 Å². The van der Waals surface area contributed by atoms with Crippen molar-refractivity contribution in [1.29, 1.82) is 0 Å². The van der Waals surface area contributed by atoms with Gasteiger partial charge in [-0.3, -0.25) is 4.99 Å². The minimum atomic E-state index is -0.968. The van der Waals surface area contributed by atoms with E-state index in [-0.39, 0.29) is 12.1 Å². The van der Waals surface area contributed by atoms with Crippen LogP contribution in [-0.2, 0) is 9.47 Å². The summed E-state index contributed by atoms with van der Waals surface area (Å²) in [4.78, 5) is 4.35. The van der Waals surface area contributed by atoms with Gasteiger partial charge in [0.15, 0.2) is 5.96 Å². The van der Waals surface area contributed by atoms with Crippen LogP contribution in [0.4, 0.5) is 4.39 Å². The van der Waals surface area contributed by atoms with Crippen molar-refractivity contribution < 1.29 is 19.0 Å². The van der Waals surface area contributed by atoms with Crippen LogP contribution in [-0.4, -0.2) is 57.1 Å². The van der Waals surface area contributed by atoms with Gasteiger partial charge >= 0.3 is 0 Å². The zero-order chi connectivity index (χ0) is 19.3. The summed E-state index contributed by atoms with van der Waals surface area (Å²) in [5, 5.41) is 16.5. The Morgan fingerprint density at radius 1 is 1.33 bits per heavy atom. The van der Waals surface area contributed by atoms with E-state index in [9.17, 15) is 9.50 Å². The highest BCUT2D eigenvalue weighted by atomic mass is 19.1. The summed E-state index contributed by atoms with van der Waals surface area (Å²) < 4.78 is 24.8. The van der Waals surface area contributed by atoms with Gasteiger partial charge in [0.25, 0.3) is 0 Å².